The molecule has 1 aromatic carbocycles. The van der Waals surface area contributed by atoms with Gasteiger partial charge in [-0.25, -0.2) is 4.79 Å². The molecule has 1 rings (SSSR count). The molecule has 0 atom stereocenters. The van der Waals surface area contributed by atoms with Gasteiger partial charge in [0.25, 0.3) is 0 Å². The average Bonchev–Trinajstić information content (AvgIpc) is 2.37. The first-order valence-corrected chi connectivity index (χ1v) is 6.76. The standard InChI is InChI=1S/C15H25N3O2/c1-6-20-14(19)12-9-11(7-8-13(12)16)17-10-15(2,3)18(4)5/h7-9,17H,6,10,16H2,1-5H3. The zero-order valence-electron chi connectivity index (χ0n) is 13.0. The van der Waals surface area contributed by atoms with Crippen molar-refractivity contribution in [2.24, 2.45) is 0 Å². The monoisotopic (exact) mass is 279 g/mol. The zero-order chi connectivity index (χ0) is 15.3. The number of rotatable bonds is 6. The Morgan fingerprint density at radius 2 is 2.05 bits per heavy atom. The van der Waals surface area contributed by atoms with Crippen LogP contribution < -0.4 is 11.1 Å². The molecule has 0 radical (unpaired) electrons. The van der Waals surface area contributed by atoms with Crippen molar-refractivity contribution in [3.05, 3.63) is 23.8 Å². The highest BCUT2D eigenvalue weighted by molar-refractivity contribution is 5.96. The molecule has 112 valence electrons. The molecule has 5 heteroatoms. The smallest absolute Gasteiger partial charge is 0.340 e. The summed E-state index contributed by atoms with van der Waals surface area (Å²) in [6, 6.07) is 5.32. The summed E-state index contributed by atoms with van der Waals surface area (Å²) < 4.78 is 4.99. The van der Waals surface area contributed by atoms with E-state index in [2.05, 4.69) is 24.1 Å². The lowest BCUT2D eigenvalue weighted by molar-refractivity contribution is 0.0527. The molecule has 0 fully saturated rings. The van der Waals surface area contributed by atoms with E-state index in [9.17, 15) is 4.79 Å². The van der Waals surface area contributed by atoms with E-state index >= 15 is 0 Å². The average molecular weight is 279 g/mol. The quantitative estimate of drug-likeness (QED) is 0.617. The van der Waals surface area contributed by atoms with Crippen molar-refractivity contribution in [3.8, 4) is 0 Å². The number of carbonyl (C=O) groups is 1. The maximum Gasteiger partial charge on any atom is 0.340 e. The van der Waals surface area contributed by atoms with Crippen molar-refractivity contribution in [3.63, 3.8) is 0 Å². The molecule has 0 spiro atoms. The Morgan fingerprint density at radius 1 is 1.40 bits per heavy atom. The Hall–Kier alpha value is -1.75. The van der Waals surface area contributed by atoms with Crippen LogP contribution in [0, 0.1) is 0 Å². The first-order valence-electron chi connectivity index (χ1n) is 6.76. The number of likely N-dealkylation sites (N-methyl/N-ethyl adjacent to an activating group) is 1. The van der Waals surface area contributed by atoms with E-state index in [1.165, 1.54) is 0 Å². The number of nitrogens with one attached hydrogen (secondary N) is 1. The van der Waals surface area contributed by atoms with Crippen molar-refractivity contribution < 1.29 is 9.53 Å². The summed E-state index contributed by atoms with van der Waals surface area (Å²) in [5.74, 6) is -0.388. The topological polar surface area (TPSA) is 67.6 Å². The van der Waals surface area contributed by atoms with Crippen LogP contribution in [0.5, 0.6) is 0 Å². The fourth-order valence-corrected chi connectivity index (χ4v) is 1.53. The maximum absolute atomic E-state index is 11.8. The van der Waals surface area contributed by atoms with Crippen molar-refractivity contribution in [2.75, 3.05) is 38.3 Å². The number of nitrogen functional groups attached to an aromatic ring is 1. The molecule has 0 aliphatic rings. The van der Waals surface area contributed by atoms with E-state index in [1.54, 1.807) is 19.1 Å². The van der Waals surface area contributed by atoms with E-state index in [1.807, 2.05) is 20.2 Å². The molecule has 0 unspecified atom stereocenters. The maximum atomic E-state index is 11.8. The van der Waals surface area contributed by atoms with Gasteiger partial charge >= 0.3 is 5.97 Å². The van der Waals surface area contributed by atoms with Crippen LogP contribution in [0.3, 0.4) is 0 Å². The van der Waals surface area contributed by atoms with Crippen LogP contribution in [0.25, 0.3) is 0 Å². The molecule has 20 heavy (non-hydrogen) atoms. The summed E-state index contributed by atoms with van der Waals surface area (Å²) in [6.07, 6.45) is 0. The summed E-state index contributed by atoms with van der Waals surface area (Å²) in [5.41, 5.74) is 7.51. The minimum Gasteiger partial charge on any atom is -0.462 e. The van der Waals surface area contributed by atoms with Crippen molar-refractivity contribution in [2.45, 2.75) is 26.3 Å². The van der Waals surface area contributed by atoms with Crippen molar-refractivity contribution >= 4 is 17.3 Å². The third-order valence-corrected chi connectivity index (χ3v) is 3.48. The van der Waals surface area contributed by atoms with Crippen LogP contribution >= 0.6 is 0 Å². The van der Waals surface area contributed by atoms with E-state index in [0.717, 1.165) is 12.2 Å². The Bertz CT molecular complexity index is 470. The van der Waals surface area contributed by atoms with Crippen LogP contribution in [0.2, 0.25) is 0 Å². The molecule has 0 amide bonds. The molecular formula is C15H25N3O2. The van der Waals surface area contributed by atoms with Gasteiger partial charge in [-0.1, -0.05) is 0 Å². The first-order chi connectivity index (χ1) is 9.27. The lowest BCUT2D eigenvalue weighted by Gasteiger charge is -2.33. The molecule has 0 saturated heterocycles. The second-order valence-electron chi connectivity index (χ2n) is 5.58. The normalized spacial score (nSPS) is 11.5. The predicted octanol–water partition coefficient (Wildman–Crippen LogP) is 2.20. The van der Waals surface area contributed by atoms with Crippen LogP contribution in [0.4, 0.5) is 11.4 Å². The van der Waals surface area contributed by atoms with E-state index in [-0.39, 0.29) is 11.5 Å². The van der Waals surface area contributed by atoms with Crippen LogP contribution in [-0.4, -0.2) is 43.7 Å². The number of nitrogens with zero attached hydrogens (tertiary/aromatic N) is 1. The van der Waals surface area contributed by atoms with Gasteiger partial charge in [-0.15, -0.1) is 0 Å². The number of esters is 1. The number of hydrogen-bond donors (Lipinski definition) is 2. The number of anilines is 2. The molecule has 1 aromatic rings. The highest BCUT2D eigenvalue weighted by Gasteiger charge is 2.20. The summed E-state index contributed by atoms with van der Waals surface area (Å²) in [7, 11) is 4.07. The largest absolute Gasteiger partial charge is 0.462 e. The minimum absolute atomic E-state index is 0.00543. The number of carbonyl (C=O) groups excluding carboxylic acids is 1. The molecule has 0 aromatic heterocycles. The van der Waals surface area contributed by atoms with E-state index in [0.29, 0.717) is 17.9 Å². The number of benzene rings is 1. The van der Waals surface area contributed by atoms with E-state index in [4.69, 9.17) is 10.5 Å². The lowest BCUT2D eigenvalue weighted by atomic mass is 10.0. The number of nitrogens with two attached hydrogens (primary N) is 1. The van der Waals surface area contributed by atoms with Crippen LogP contribution in [0.1, 0.15) is 31.1 Å². The SMILES string of the molecule is CCOC(=O)c1cc(NCC(C)(C)N(C)C)ccc1N. The zero-order valence-corrected chi connectivity index (χ0v) is 13.0. The summed E-state index contributed by atoms with van der Waals surface area (Å²) >= 11 is 0. The van der Waals surface area contributed by atoms with Gasteiger partial charge in [-0.3, -0.25) is 0 Å². The first kappa shape index (κ1) is 16.3. The molecule has 0 saturated carbocycles. The number of ether oxygens (including phenoxy) is 1. The molecule has 0 heterocycles. The van der Waals surface area contributed by atoms with Gasteiger partial charge in [-0.2, -0.15) is 0 Å². The number of hydrogen-bond acceptors (Lipinski definition) is 5. The summed E-state index contributed by atoms with van der Waals surface area (Å²) in [5, 5.41) is 3.33. The molecule has 3 N–H and O–H groups in total. The Balaban J connectivity index is 2.83. The minimum atomic E-state index is -0.388. The molecule has 0 aliphatic carbocycles. The molecule has 0 aliphatic heterocycles. The fourth-order valence-electron chi connectivity index (χ4n) is 1.53. The molecule has 0 bridgehead atoms. The van der Waals surface area contributed by atoms with Gasteiger partial charge in [0, 0.05) is 23.5 Å². The Morgan fingerprint density at radius 3 is 2.60 bits per heavy atom. The summed E-state index contributed by atoms with van der Waals surface area (Å²) in [6.45, 7) is 7.15. The van der Waals surface area contributed by atoms with Gasteiger partial charge < -0.3 is 20.7 Å². The van der Waals surface area contributed by atoms with Gasteiger partial charge in [0.05, 0.1) is 12.2 Å². The Kier molecular flexibility index (Phi) is 5.39. The van der Waals surface area contributed by atoms with Gasteiger partial charge in [0.15, 0.2) is 0 Å². The van der Waals surface area contributed by atoms with Crippen molar-refractivity contribution in [1.82, 2.24) is 4.90 Å². The van der Waals surface area contributed by atoms with Crippen LogP contribution in [-0.2, 0) is 4.74 Å². The van der Waals surface area contributed by atoms with Gasteiger partial charge in [-0.05, 0) is 53.1 Å². The summed E-state index contributed by atoms with van der Waals surface area (Å²) in [4.78, 5) is 13.9. The Labute approximate surface area is 121 Å². The third kappa shape index (κ3) is 4.13. The second-order valence-corrected chi connectivity index (χ2v) is 5.58. The van der Waals surface area contributed by atoms with Crippen molar-refractivity contribution in [1.29, 1.82) is 0 Å². The highest BCUT2D eigenvalue weighted by atomic mass is 16.5. The fraction of sp³-hybridized carbons (Fsp3) is 0.533. The molecular weight excluding hydrogens is 254 g/mol. The lowest BCUT2D eigenvalue weighted by Crippen LogP contribution is -2.44. The molecule has 5 nitrogen and oxygen atoms in total. The van der Waals surface area contributed by atoms with Gasteiger partial charge in [0.2, 0.25) is 0 Å². The predicted molar refractivity (Wildman–Crippen MR) is 83.1 cm³/mol. The second kappa shape index (κ2) is 6.61. The van der Waals surface area contributed by atoms with Crippen LogP contribution in [0.15, 0.2) is 18.2 Å². The van der Waals surface area contributed by atoms with E-state index < -0.39 is 0 Å². The third-order valence-electron chi connectivity index (χ3n) is 3.48. The highest BCUT2D eigenvalue weighted by Crippen LogP contribution is 2.20. The van der Waals surface area contributed by atoms with Gasteiger partial charge in [0.1, 0.15) is 0 Å².